The van der Waals surface area contributed by atoms with Crippen molar-refractivity contribution in [2.24, 2.45) is 0 Å². The van der Waals surface area contributed by atoms with E-state index in [1.54, 1.807) is 11.3 Å². The first-order chi connectivity index (χ1) is 13.3. The van der Waals surface area contributed by atoms with Crippen LogP contribution in [0.25, 0.3) is 10.2 Å². The number of rotatable bonds is 7. The van der Waals surface area contributed by atoms with Crippen molar-refractivity contribution in [2.75, 3.05) is 32.1 Å². The van der Waals surface area contributed by atoms with Gasteiger partial charge in [-0.15, -0.1) is 12.4 Å². The first-order valence-electron chi connectivity index (χ1n) is 9.41. The van der Waals surface area contributed by atoms with E-state index in [2.05, 4.69) is 67.0 Å². The highest BCUT2D eigenvalue weighted by molar-refractivity contribution is 9.10. The first-order valence-corrected chi connectivity index (χ1v) is 11.0. The molecule has 3 rings (SSSR count). The molecule has 7 heteroatoms. The van der Waals surface area contributed by atoms with Crippen LogP contribution in [0.5, 0.6) is 0 Å². The lowest BCUT2D eigenvalue weighted by Crippen LogP contribution is -2.34. The highest BCUT2D eigenvalue weighted by Gasteiger charge is 2.20. The molecule has 0 saturated carbocycles. The zero-order valence-electron chi connectivity index (χ0n) is 17.2. The summed E-state index contributed by atoms with van der Waals surface area (Å²) in [5.41, 5.74) is 4.44. The lowest BCUT2D eigenvalue weighted by molar-refractivity contribution is -0.118. The molecule has 0 bridgehead atoms. The zero-order valence-corrected chi connectivity index (χ0v) is 20.5. The molecule has 0 aliphatic carbocycles. The monoisotopic (exact) mass is 495 g/mol. The standard InChI is InChI=1S/C22H26BrN3OS.ClH/c1-15-6-7-17(12-16(15)2)13-21(27)26(11-5-10-25(3)4)22-24-19-9-8-18(23)14-20(19)28-22;/h6-9,12,14H,5,10-11,13H2,1-4H3;1H. The Morgan fingerprint density at radius 1 is 1.07 bits per heavy atom. The summed E-state index contributed by atoms with van der Waals surface area (Å²) in [7, 11) is 4.10. The summed E-state index contributed by atoms with van der Waals surface area (Å²) in [6.07, 6.45) is 1.30. The van der Waals surface area contributed by atoms with Crippen molar-refractivity contribution in [2.45, 2.75) is 26.7 Å². The van der Waals surface area contributed by atoms with Crippen molar-refractivity contribution in [1.29, 1.82) is 0 Å². The highest BCUT2D eigenvalue weighted by Crippen LogP contribution is 2.31. The van der Waals surface area contributed by atoms with Gasteiger partial charge < -0.3 is 4.90 Å². The number of hydrogen-bond acceptors (Lipinski definition) is 4. The summed E-state index contributed by atoms with van der Waals surface area (Å²) in [6, 6.07) is 12.3. The Kier molecular flexibility index (Phi) is 8.64. The van der Waals surface area contributed by atoms with Crippen LogP contribution in [-0.2, 0) is 11.2 Å². The van der Waals surface area contributed by atoms with Gasteiger partial charge in [0.1, 0.15) is 0 Å². The molecule has 0 unspecified atom stereocenters. The van der Waals surface area contributed by atoms with Crippen LogP contribution < -0.4 is 4.90 Å². The van der Waals surface area contributed by atoms with Crippen LogP contribution in [0.1, 0.15) is 23.1 Å². The third-order valence-corrected chi connectivity index (χ3v) is 6.32. The SMILES string of the molecule is Cc1ccc(CC(=O)N(CCCN(C)C)c2nc3ccc(Br)cc3s2)cc1C.Cl. The molecule has 156 valence electrons. The number of hydrogen-bond donors (Lipinski definition) is 0. The summed E-state index contributed by atoms with van der Waals surface area (Å²) >= 11 is 5.09. The van der Waals surface area contributed by atoms with Crippen LogP contribution in [0.3, 0.4) is 0 Å². The second-order valence-corrected chi connectivity index (χ2v) is 9.33. The second-order valence-electron chi connectivity index (χ2n) is 7.41. The molecule has 0 fully saturated rings. The van der Waals surface area contributed by atoms with Gasteiger partial charge in [0.05, 0.1) is 16.6 Å². The molecule has 0 aliphatic heterocycles. The van der Waals surface area contributed by atoms with Gasteiger partial charge in [-0.3, -0.25) is 9.69 Å². The minimum absolute atomic E-state index is 0. The van der Waals surface area contributed by atoms with Crippen LogP contribution in [0, 0.1) is 13.8 Å². The highest BCUT2D eigenvalue weighted by atomic mass is 79.9. The predicted octanol–water partition coefficient (Wildman–Crippen LogP) is 5.62. The maximum Gasteiger partial charge on any atom is 0.233 e. The third-order valence-electron chi connectivity index (χ3n) is 4.78. The quantitative estimate of drug-likeness (QED) is 0.426. The number of fused-ring (bicyclic) bond motifs is 1. The van der Waals surface area contributed by atoms with E-state index < -0.39 is 0 Å². The normalized spacial score (nSPS) is 11.0. The van der Waals surface area contributed by atoms with Crippen LogP contribution in [0.4, 0.5) is 5.13 Å². The fraction of sp³-hybridized carbons (Fsp3) is 0.364. The van der Waals surface area contributed by atoms with Crippen LogP contribution in [-0.4, -0.2) is 43.0 Å². The maximum absolute atomic E-state index is 13.2. The second kappa shape index (κ2) is 10.5. The number of benzene rings is 2. The van der Waals surface area contributed by atoms with E-state index in [0.29, 0.717) is 13.0 Å². The number of nitrogens with zero attached hydrogens (tertiary/aromatic N) is 3. The lowest BCUT2D eigenvalue weighted by Gasteiger charge is -2.21. The number of carbonyl (C=O) groups is 1. The number of thiazole rings is 1. The van der Waals surface area contributed by atoms with E-state index in [1.165, 1.54) is 11.1 Å². The molecule has 1 amide bonds. The fourth-order valence-electron chi connectivity index (χ4n) is 3.06. The van der Waals surface area contributed by atoms with Crippen LogP contribution in [0.2, 0.25) is 0 Å². The van der Waals surface area contributed by atoms with Gasteiger partial charge in [0.2, 0.25) is 5.91 Å². The number of amides is 1. The summed E-state index contributed by atoms with van der Waals surface area (Å²) in [5.74, 6) is 0.0973. The molecule has 0 N–H and O–H groups in total. The Bertz CT molecular complexity index is 989. The van der Waals surface area contributed by atoms with E-state index in [4.69, 9.17) is 4.98 Å². The van der Waals surface area contributed by atoms with Crippen LogP contribution >= 0.6 is 39.7 Å². The van der Waals surface area contributed by atoms with E-state index >= 15 is 0 Å². The zero-order chi connectivity index (χ0) is 20.3. The van der Waals surface area contributed by atoms with Gasteiger partial charge in [-0.2, -0.15) is 0 Å². The van der Waals surface area contributed by atoms with Gasteiger partial charge in [-0.05, 0) is 75.8 Å². The van der Waals surface area contributed by atoms with E-state index in [1.807, 2.05) is 23.1 Å². The van der Waals surface area contributed by atoms with Crippen molar-refractivity contribution in [3.63, 3.8) is 0 Å². The van der Waals surface area contributed by atoms with Crippen LogP contribution in [0.15, 0.2) is 40.9 Å². The van der Waals surface area contributed by atoms with E-state index in [-0.39, 0.29) is 18.3 Å². The Morgan fingerprint density at radius 3 is 2.52 bits per heavy atom. The number of halogens is 2. The Balaban J connectivity index is 0.00000300. The largest absolute Gasteiger partial charge is 0.309 e. The van der Waals surface area contributed by atoms with Gasteiger partial charge in [-0.25, -0.2) is 4.98 Å². The van der Waals surface area contributed by atoms with Crippen molar-refractivity contribution >= 4 is 60.9 Å². The summed E-state index contributed by atoms with van der Waals surface area (Å²) in [5, 5.41) is 0.778. The minimum Gasteiger partial charge on any atom is -0.309 e. The summed E-state index contributed by atoms with van der Waals surface area (Å²) in [4.78, 5) is 21.9. The van der Waals surface area contributed by atoms with Gasteiger partial charge in [0.15, 0.2) is 5.13 Å². The smallest absolute Gasteiger partial charge is 0.233 e. The molecule has 0 saturated heterocycles. The lowest BCUT2D eigenvalue weighted by atomic mass is 10.0. The van der Waals surface area contributed by atoms with Gasteiger partial charge in [0, 0.05) is 11.0 Å². The molecular weight excluding hydrogens is 470 g/mol. The first kappa shape index (κ1) is 23.8. The average Bonchev–Trinajstić information content (AvgIpc) is 3.04. The van der Waals surface area contributed by atoms with Crippen molar-refractivity contribution in [1.82, 2.24) is 9.88 Å². The molecule has 29 heavy (non-hydrogen) atoms. The number of aryl methyl sites for hydroxylation is 2. The molecular formula is C22H27BrClN3OS. The Labute approximate surface area is 191 Å². The molecule has 0 spiro atoms. The summed E-state index contributed by atoms with van der Waals surface area (Å²) < 4.78 is 2.11. The molecule has 1 aromatic heterocycles. The number of aromatic nitrogens is 1. The molecule has 0 atom stereocenters. The Hall–Kier alpha value is -1.47. The molecule has 4 nitrogen and oxygen atoms in total. The Morgan fingerprint density at radius 2 is 1.83 bits per heavy atom. The van der Waals surface area contributed by atoms with E-state index in [9.17, 15) is 4.79 Å². The fourth-order valence-corrected chi connectivity index (χ4v) is 4.62. The van der Waals surface area contributed by atoms with Crippen molar-refractivity contribution in [3.8, 4) is 0 Å². The summed E-state index contributed by atoms with van der Waals surface area (Å²) in [6.45, 7) is 5.78. The topological polar surface area (TPSA) is 36.4 Å². The number of carbonyl (C=O) groups excluding carboxylic acids is 1. The minimum atomic E-state index is 0. The van der Waals surface area contributed by atoms with E-state index in [0.717, 1.165) is 38.3 Å². The van der Waals surface area contributed by atoms with Gasteiger partial charge in [0.25, 0.3) is 0 Å². The molecule has 2 aromatic carbocycles. The molecule has 0 radical (unpaired) electrons. The molecule has 0 aliphatic rings. The van der Waals surface area contributed by atoms with Crippen molar-refractivity contribution in [3.05, 3.63) is 57.6 Å². The van der Waals surface area contributed by atoms with Gasteiger partial charge in [-0.1, -0.05) is 45.5 Å². The molecule has 3 aromatic rings. The number of anilines is 1. The average molecular weight is 497 g/mol. The predicted molar refractivity (Wildman–Crippen MR) is 130 cm³/mol. The molecule has 1 heterocycles. The third kappa shape index (κ3) is 6.25. The van der Waals surface area contributed by atoms with Gasteiger partial charge >= 0.3 is 0 Å². The maximum atomic E-state index is 13.2. The van der Waals surface area contributed by atoms with Crippen molar-refractivity contribution < 1.29 is 4.79 Å².